The van der Waals surface area contributed by atoms with E-state index in [0.29, 0.717) is 0 Å². The summed E-state index contributed by atoms with van der Waals surface area (Å²) in [5.74, 6) is 0.851. The number of piperazine rings is 1. The first-order valence-electron chi connectivity index (χ1n) is 5.67. The average molecular weight is 221 g/mol. The molecule has 88 valence electrons. The van der Waals surface area contributed by atoms with Crippen LogP contribution in [0.4, 0.5) is 5.95 Å². The van der Waals surface area contributed by atoms with Crippen molar-refractivity contribution in [1.82, 2.24) is 20.2 Å². The number of hydrogen-bond acceptors (Lipinski definition) is 5. The summed E-state index contributed by atoms with van der Waals surface area (Å²) in [4.78, 5) is 13.2. The molecular weight excluding hydrogens is 202 g/mol. The molecule has 5 heteroatoms. The molecule has 1 N–H and O–H groups in total. The smallest absolute Gasteiger partial charge is 0.225 e. The summed E-state index contributed by atoms with van der Waals surface area (Å²) >= 11 is 0. The quantitative estimate of drug-likeness (QED) is 0.775. The molecule has 5 nitrogen and oxygen atoms in total. The van der Waals surface area contributed by atoms with Crippen LogP contribution in [0.25, 0.3) is 0 Å². The predicted octanol–water partition coefficient (Wildman–Crippen LogP) is -0.0522. The average Bonchev–Trinajstić information content (AvgIpc) is 2.30. The second-order valence-corrected chi connectivity index (χ2v) is 4.37. The van der Waals surface area contributed by atoms with Crippen LogP contribution in [0.2, 0.25) is 0 Å². The fraction of sp³-hybridized carbons (Fsp3) is 0.636. The minimum Gasteiger partial charge on any atom is -0.338 e. The van der Waals surface area contributed by atoms with E-state index in [1.165, 1.54) is 0 Å². The highest BCUT2D eigenvalue weighted by molar-refractivity contribution is 5.30. The minimum absolute atomic E-state index is 0.851. The van der Waals surface area contributed by atoms with Crippen LogP contribution in [-0.4, -0.2) is 55.1 Å². The maximum Gasteiger partial charge on any atom is 0.225 e. The van der Waals surface area contributed by atoms with Gasteiger partial charge in [0.15, 0.2) is 0 Å². The van der Waals surface area contributed by atoms with Crippen LogP contribution < -0.4 is 10.2 Å². The van der Waals surface area contributed by atoms with Gasteiger partial charge in [0.1, 0.15) is 0 Å². The molecule has 0 radical (unpaired) electrons. The predicted molar refractivity (Wildman–Crippen MR) is 64.5 cm³/mol. The SMILES string of the molecule is CN(C)Cc1cnc(N2CCNCC2)nc1. The van der Waals surface area contributed by atoms with Gasteiger partial charge in [-0.15, -0.1) is 0 Å². The number of aromatic nitrogens is 2. The van der Waals surface area contributed by atoms with E-state index in [0.717, 1.165) is 44.2 Å². The molecule has 1 aromatic heterocycles. The number of hydrogen-bond donors (Lipinski definition) is 1. The molecule has 0 amide bonds. The van der Waals surface area contributed by atoms with Gasteiger partial charge in [0.2, 0.25) is 5.95 Å². The van der Waals surface area contributed by atoms with Gasteiger partial charge >= 0.3 is 0 Å². The molecule has 0 spiro atoms. The number of nitrogens with zero attached hydrogens (tertiary/aromatic N) is 4. The highest BCUT2D eigenvalue weighted by Crippen LogP contribution is 2.08. The first-order valence-corrected chi connectivity index (χ1v) is 5.67. The molecule has 0 bridgehead atoms. The molecule has 1 aliphatic rings. The first-order chi connectivity index (χ1) is 7.75. The lowest BCUT2D eigenvalue weighted by Gasteiger charge is -2.27. The Morgan fingerprint density at radius 2 is 1.88 bits per heavy atom. The maximum atomic E-state index is 4.42. The van der Waals surface area contributed by atoms with E-state index in [1.54, 1.807) is 0 Å². The summed E-state index contributed by atoms with van der Waals surface area (Å²) in [5, 5.41) is 3.32. The molecule has 0 atom stereocenters. The highest BCUT2D eigenvalue weighted by atomic mass is 15.3. The number of anilines is 1. The van der Waals surface area contributed by atoms with Gasteiger partial charge in [-0.1, -0.05) is 0 Å². The van der Waals surface area contributed by atoms with Gasteiger partial charge in [0, 0.05) is 50.7 Å². The van der Waals surface area contributed by atoms with E-state index in [9.17, 15) is 0 Å². The molecule has 16 heavy (non-hydrogen) atoms. The fourth-order valence-corrected chi connectivity index (χ4v) is 1.82. The summed E-state index contributed by atoms with van der Waals surface area (Å²) in [5.41, 5.74) is 1.16. The monoisotopic (exact) mass is 221 g/mol. The van der Waals surface area contributed by atoms with Gasteiger partial charge in [0.25, 0.3) is 0 Å². The molecule has 2 rings (SSSR count). The zero-order valence-electron chi connectivity index (χ0n) is 9.98. The zero-order valence-corrected chi connectivity index (χ0v) is 9.98. The lowest BCUT2D eigenvalue weighted by Crippen LogP contribution is -2.44. The molecule has 1 aliphatic heterocycles. The Labute approximate surface area is 96.5 Å². The van der Waals surface area contributed by atoms with Gasteiger partial charge < -0.3 is 15.1 Å². The van der Waals surface area contributed by atoms with E-state index in [1.807, 2.05) is 26.5 Å². The maximum absolute atomic E-state index is 4.42. The van der Waals surface area contributed by atoms with Crippen molar-refractivity contribution in [2.75, 3.05) is 45.2 Å². The van der Waals surface area contributed by atoms with E-state index in [2.05, 4.69) is 25.1 Å². The zero-order chi connectivity index (χ0) is 11.4. The minimum atomic E-state index is 0.851. The van der Waals surface area contributed by atoms with Crippen molar-refractivity contribution in [3.05, 3.63) is 18.0 Å². The summed E-state index contributed by atoms with van der Waals surface area (Å²) in [6.45, 7) is 4.91. The molecule has 0 unspecified atom stereocenters. The molecule has 0 aromatic carbocycles. The van der Waals surface area contributed by atoms with Crippen molar-refractivity contribution in [3.8, 4) is 0 Å². The van der Waals surface area contributed by atoms with Gasteiger partial charge in [-0.3, -0.25) is 0 Å². The van der Waals surface area contributed by atoms with Crippen LogP contribution >= 0.6 is 0 Å². The van der Waals surface area contributed by atoms with Crippen LogP contribution in [0.3, 0.4) is 0 Å². The largest absolute Gasteiger partial charge is 0.338 e. The Morgan fingerprint density at radius 1 is 1.25 bits per heavy atom. The van der Waals surface area contributed by atoms with Crippen LogP contribution in [0.5, 0.6) is 0 Å². The van der Waals surface area contributed by atoms with Crippen molar-refractivity contribution in [1.29, 1.82) is 0 Å². The fourth-order valence-electron chi connectivity index (χ4n) is 1.82. The Hall–Kier alpha value is -1.20. The number of rotatable bonds is 3. The third-order valence-corrected chi connectivity index (χ3v) is 2.59. The third-order valence-electron chi connectivity index (χ3n) is 2.59. The molecule has 0 saturated carbocycles. The Morgan fingerprint density at radius 3 is 2.44 bits per heavy atom. The summed E-state index contributed by atoms with van der Waals surface area (Å²) in [7, 11) is 4.09. The van der Waals surface area contributed by atoms with E-state index >= 15 is 0 Å². The van der Waals surface area contributed by atoms with Gasteiger partial charge in [-0.05, 0) is 14.1 Å². The normalized spacial score (nSPS) is 16.8. The van der Waals surface area contributed by atoms with Gasteiger partial charge in [-0.2, -0.15) is 0 Å². The molecular formula is C11H19N5. The van der Waals surface area contributed by atoms with Crippen LogP contribution in [0.1, 0.15) is 5.56 Å². The highest BCUT2D eigenvalue weighted by Gasteiger charge is 2.12. The van der Waals surface area contributed by atoms with Crippen LogP contribution in [-0.2, 0) is 6.54 Å². The second kappa shape index (κ2) is 5.23. The van der Waals surface area contributed by atoms with E-state index < -0.39 is 0 Å². The van der Waals surface area contributed by atoms with Crippen molar-refractivity contribution in [2.45, 2.75) is 6.54 Å². The lowest BCUT2D eigenvalue weighted by molar-refractivity contribution is 0.401. The lowest BCUT2D eigenvalue weighted by atomic mass is 10.3. The Kier molecular flexibility index (Phi) is 3.69. The molecule has 1 saturated heterocycles. The third kappa shape index (κ3) is 2.90. The Bertz CT molecular complexity index is 316. The van der Waals surface area contributed by atoms with Crippen molar-refractivity contribution < 1.29 is 0 Å². The van der Waals surface area contributed by atoms with Crippen molar-refractivity contribution in [3.63, 3.8) is 0 Å². The molecule has 1 aromatic rings. The summed E-state index contributed by atoms with van der Waals surface area (Å²) < 4.78 is 0. The van der Waals surface area contributed by atoms with Gasteiger partial charge in [-0.25, -0.2) is 9.97 Å². The van der Waals surface area contributed by atoms with Crippen molar-refractivity contribution in [2.24, 2.45) is 0 Å². The number of nitrogens with one attached hydrogen (secondary N) is 1. The second-order valence-electron chi connectivity index (χ2n) is 4.37. The van der Waals surface area contributed by atoms with Crippen LogP contribution in [0.15, 0.2) is 12.4 Å². The van der Waals surface area contributed by atoms with Crippen molar-refractivity contribution >= 4 is 5.95 Å². The first kappa shape index (κ1) is 11.3. The molecule has 1 fully saturated rings. The van der Waals surface area contributed by atoms with E-state index in [4.69, 9.17) is 0 Å². The molecule has 2 heterocycles. The van der Waals surface area contributed by atoms with Crippen LogP contribution in [0, 0.1) is 0 Å². The topological polar surface area (TPSA) is 44.3 Å². The van der Waals surface area contributed by atoms with Gasteiger partial charge in [0.05, 0.1) is 0 Å². The molecule has 0 aliphatic carbocycles. The Balaban J connectivity index is 2.00. The standard InChI is InChI=1S/C11H19N5/c1-15(2)9-10-7-13-11(14-8-10)16-5-3-12-4-6-16/h7-8,12H,3-6,9H2,1-2H3. The summed E-state index contributed by atoms with van der Waals surface area (Å²) in [6, 6.07) is 0. The van der Waals surface area contributed by atoms with E-state index in [-0.39, 0.29) is 0 Å². The summed E-state index contributed by atoms with van der Waals surface area (Å²) in [6.07, 6.45) is 3.84.